The Hall–Kier alpha value is -3.17. The van der Waals surface area contributed by atoms with E-state index in [4.69, 9.17) is 15.5 Å². The maximum atomic E-state index is 13.4. The third kappa shape index (κ3) is 6.59. The van der Waals surface area contributed by atoms with Gasteiger partial charge in [-0.05, 0) is 67.6 Å². The molecule has 0 amide bonds. The number of hydrogen-bond donors (Lipinski definition) is 1. The van der Waals surface area contributed by atoms with Gasteiger partial charge in [0.2, 0.25) is 0 Å². The van der Waals surface area contributed by atoms with Crippen molar-refractivity contribution in [1.29, 1.82) is 0 Å². The third-order valence-corrected chi connectivity index (χ3v) is 7.75. The third-order valence-electron chi connectivity index (χ3n) is 6.88. The molecule has 0 saturated carbocycles. The van der Waals surface area contributed by atoms with Crippen LogP contribution in [0.4, 0.5) is 15.8 Å². The second-order valence-electron chi connectivity index (χ2n) is 9.43. The van der Waals surface area contributed by atoms with E-state index in [1.54, 1.807) is 23.5 Å². The van der Waals surface area contributed by atoms with E-state index in [2.05, 4.69) is 49.0 Å². The zero-order valence-corrected chi connectivity index (χ0v) is 22.0. The number of rotatable bonds is 7. The Morgan fingerprint density at radius 3 is 2.41 bits per heavy atom. The average molecular weight is 523 g/mol. The summed E-state index contributed by atoms with van der Waals surface area (Å²) in [4.78, 5) is 14.9. The van der Waals surface area contributed by atoms with Crippen LogP contribution in [0.2, 0.25) is 0 Å². The van der Waals surface area contributed by atoms with Crippen molar-refractivity contribution in [2.24, 2.45) is 15.7 Å². The van der Waals surface area contributed by atoms with Crippen molar-refractivity contribution in [3.8, 4) is 11.3 Å². The van der Waals surface area contributed by atoms with Gasteiger partial charge >= 0.3 is 0 Å². The summed E-state index contributed by atoms with van der Waals surface area (Å²) in [6, 6.07) is 15.0. The highest BCUT2D eigenvalue weighted by Crippen LogP contribution is 2.25. The fraction of sp³-hybridized carbons (Fsp3) is 0.429. The molecule has 0 unspecified atom stereocenters. The Morgan fingerprint density at radius 1 is 0.946 bits per heavy atom. The van der Waals surface area contributed by atoms with Crippen molar-refractivity contribution < 1.29 is 9.13 Å². The number of thiazole rings is 1. The molecule has 5 rings (SSSR count). The number of morpholine rings is 1. The van der Waals surface area contributed by atoms with Gasteiger partial charge in [0.15, 0.2) is 10.8 Å². The molecule has 1 aromatic heterocycles. The molecule has 2 saturated heterocycles. The molecule has 2 aliphatic rings. The van der Waals surface area contributed by atoms with Gasteiger partial charge in [0.05, 0.1) is 24.6 Å². The van der Waals surface area contributed by atoms with Crippen molar-refractivity contribution in [2.45, 2.75) is 32.2 Å². The van der Waals surface area contributed by atoms with Gasteiger partial charge in [-0.25, -0.2) is 9.38 Å². The summed E-state index contributed by atoms with van der Waals surface area (Å²) in [5.74, 6) is 0.397. The number of piperidine rings is 1. The van der Waals surface area contributed by atoms with Gasteiger partial charge < -0.3 is 24.8 Å². The van der Waals surface area contributed by atoms with Crippen LogP contribution in [0, 0.1) is 5.82 Å². The van der Waals surface area contributed by atoms with Crippen LogP contribution >= 0.6 is 11.3 Å². The molecule has 2 aliphatic heterocycles. The predicted molar refractivity (Wildman–Crippen MR) is 149 cm³/mol. The first-order chi connectivity index (χ1) is 18.2. The summed E-state index contributed by atoms with van der Waals surface area (Å²) in [5, 5.41) is 2.15. The number of nitrogens with two attached hydrogens (primary N) is 1. The number of halogens is 1. The number of nitrogens with zero attached hydrogens (tertiary/aromatic N) is 5. The molecule has 0 atom stereocenters. The highest BCUT2D eigenvalue weighted by molar-refractivity contribution is 7.07. The SMILES string of the molecule is NC(=NCCCn1c(-c2ccc(N3CCOCC3)cc2)csc1=Nc1ccc(F)cc1)N1CCCCC1. The fourth-order valence-electron chi connectivity index (χ4n) is 4.80. The van der Waals surface area contributed by atoms with Crippen molar-refractivity contribution in [1.82, 2.24) is 9.47 Å². The summed E-state index contributed by atoms with van der Waals surface area (Å²) in [6.07, 6.45) is 4.49. The van der Waals surface area contributed by atoms with Gasteiger partial charge in [-0.15, -0.1) is 11.3 Å². The van der Waals surface area contributed by atoms with Crippen LogP contribution in [0.5, 0.6) is 0 Å². The summed E-state index contributed by atoms with van der Waals surface area (Å²) in [7, 11) is 0. The molecule has 0 bridgehead atoms. The minimum absolute atomic E-state index is 0.261. The van der Waals surface area contributed by atoms with Crippen LogP contribution in [0.25, 0.3) is 11.3 Å². The van der Waals surface area contributed by atoms with Crippen molar-refractivity contribution in [3.05, 3.63) is 64.5 Å². The maximum Gasteiger partial charge on any atom is 0.191 e. The quantitative estimate of drug-likeness (QED) is 0.279. The van der Waals surface area contributed by atoms with E-state index in [1.165, 1.54) is 37.1 Å². The smallest absolute Gasteiger partial charge is 0.191 e. The van der Waals surface area contributed by atoms with E-state index >= 15 is 0 Å². The molecule has 2 aromatic carbocycles. The fourth-order valence-corrected chi connectivity index (χ4v) is 5.76. The van der Waals surface area contributed by atoms with Crippen LogP contribution in [-0.2, 0) is 11.3 Å². The Balaban J connectivity index is 1.36. The van der Waals surface area contributed by atoms with Crippen molar-refractivity contribution >= 4 is 28.7 Å². The number of benzene rings is 2. The van der Waals surface area contributed by atoms with Crippen molar-refractivity contribution in [3.63, 3.8) is 0 Å². The molecule has 2 fully saturated rings. The van der Waals surface area contributed by atoms with E-state index < -0.39 is 0 Å². The first-order valence-corrected chi connectivity index (χ1v) is 14.0. The molecule has 0 spiro atoms. The summed E-state index contributed by atoms with van der Waals surface area (Å²) < 4.78 is 21.2. The largest absolute Gasteiger partial charge is 0.378 e. The summed E-state index contributed by atoms with van der Waals surface area (Å²) >= 11 is 1.60. The molecule has 0 radical (unpaired) electrons. The van der Waals surface area contributed by atoms with Gasteiger partial charge in [0.25, 0.3) is 0 Å². The van der Waals surface area contributed by atoms with E-state index in [-0.39, 0.29) is 5.82 Å². The Bertz CT molecular complexity index is 1240. The zero-order chi connectivity index (χ0) is 25.5. The predicted octanol–water partition coefficient (Wildman–Crippen LogP) is 4.62. The minimum atomic E-state index is -0.261. The monoisotopic (exact) mass is 522 g/mol. The second kappa shape index (κ2) is 12.4. The molecule has 2 N–H and O–H groups in total. The standard InChI is InChI=1S/C28H35FN6OS/c29-23-7-9-24(10-8-23)32-28-35(16-4-13-31-27(30)34-14-2-1-3-15-34)26(21-37-28)22-5-11-25(12-6-22)33-17-19-36-20-18-33/h5-12,21H,1-4,13-20H2,(H2,30,31). The van der Waals surface area contributed by atoms with Crippen LogP contribution in [0.3, 0.4) is 0 Å². The number of anilines is 1. The number of guanidine groups is 1. The number of aromatic nitrogens is 1. The van der Waals surface area contributed by atoms with E-state index in [0.29, 0.717) is 12.5 Å². The topological polar surface area (TPSA) is 71.4 Å². The zero-order valence-electron chi connectivity index (χ0n) is 21.2. The van der Waals surface area contributed by atoms with Gasteiger partial charge in [-0.2, -0.15) is 0 Å². The molecule has 3 aromatic rings. The number of likely N-dealkylation sites (tertiary alicyclic amines) is 1. The second-order valence-corrected chi connectivity index (χ2v) is 10.3. The maximum absolute atomic E-state index is 13.4. The van der Waals surface area contributed by atoms with Crippen LogP contribution in [0.15, 0.2) is 63.9 Å². The Labute approximate surface area is 221 Å². The highest BCUT2D eigenvalue weighted by atomic mass is 32.1. The molecule has 196 valence electrons. The number of ether oxygens (including phenoxy) is 1. The van der Waals surface area contributed by atoms with Crippen LogP contribution in [-0.4, -0.2) is 61.4 Å². The molecule has 0 aliphatic carbocycles. The van der Waals surface area contributed by atoms with E-state index in [9.17, 15) is 4.39 Å². The molecule has 7 nitrogen and oxygen atoms in total. The summed E-state index contributed by atoms with van der Waals surface area (Å²) in [5.41, 5.74) is 10.5. The molecule has 3 heterocycles. The highest BCUT2D eigenvalue weighted by Gasteiger charge is 2.14. The van der Waals surface area contributed by atoms with Gasteiger partial charge in [-0.3, -0.25) is 4.99 Å². The molecule has 37 heavy (non-hydrogen) atoms. The van der Waals surface area contributed by atoms with Crippen molar-refractivity contribution in [2.75, 3.05) is 50.8 Å². The Kier molecular flexibility index (Phi) is 8.53. The molecule has 9 heteroatoms. The number of aliphatic imine (C=N–C) groups is 1. The lowest BCUT2D eigenvalue weighted by atomic mass is 10.1. The first kappa shape index (κ1) is 25.5. The lowest BCUT2D eigenvalue weighted by Gasteiger charge is -2.29. The normalized spacial score (nSPS) is 17.4. The van der Waals surface area contributed by atoms with Gasteiger partial charge in [0.1, 0.15) is 5.82 Å². The van der Waals surface area contributed by atoms with Crippen LogP contribution in [0.1, 0.15) is 25.7 Å². The lowest BCUT2D eigenvalue weighted by molar-refractivity contribution is 0.122. The van der Waals surface area contributed by atoms with Gasteiger partial charge in [-0.1, -0.05) is 12.1 Å². The van der Waals surface area contributed by atoms with Gasteiger partial charge in [0, 0.05) is 50.3 Å². The lowest BCUT2D eigenvalue weighted by Crippen LogP contribution is -2.40. The molecular weight excluding hydrogens is 487 g/mol. The molecular formula is C28H35FN6OS. The summed E-state index contributed by atoms with van der Waals surface area (Å²) in [6.45, 7) is 6.80. The first-order valence-electron chi connectivity index (χ1n) is 13.1. The number of hydrogen-bond acceptors (Lipinski definition) is 5. The van der Waals surface area contributed by atoms with Crippen LogP contribution < -0.4 is 15.4 Å². The average Bonchev–Trinajstić information content (AvgIpc) is 3.35. The minimum Gasteiger partial charge on any atom is -0.378 e. The van der Waals surface area contributed by atoms with E-state index in [1.807, 2.05) is 0 Å². The Morgan fingerprint density at radius 2 is 1.68 bits per heavy atom. The van der Waals surface area contributed by atoms with E-state index in [0.717, 1.165) is 74.1 Å².